The summed E-state index contributed by atoms with van der Waals surface area (Å²) in [7, 11) is 0. The summed E-state index contributed by atoms with van der Waals surface area (Å²) >= 11 is 1.30. The highest BCUT2D eigenvalue weighted by molar-refractivity contribution is 8.13. The number of nitrogens with zero attached hydrogens (tertiary/aromatic N) is 3. The minimum atomic E-state index is -1.07. The number of thioether (sulfide) groups is 1. The number of hydrazine groups is 1. The van der Waals surface area contributed by atoms with Crippen molar-refractivity contribution < 1.29 is 9.72 Å². The van der Waals surface area contributed by atoms with Crippen molar-refractivity contribution in [2.45, 2.75) is 12.5 Å². The monoisotopic (exact) mass is 356 g/mol. The van der Waals surface area contributed by atoms with E-state index >= 15 is 0 Å². The van der Waals surface area contributed by atoms with Crippen LogP contribution >= 0.6 is 11.8 Å². The van der Waals surface area contributed by atoms with Crippen LogP contribution in [0.2, 0.25) is 0 Å². The average molecular weight is 356 g/mol. The molecule has 2 aromatic carbocycles. The van der Waals surface area contributed by atoms with Gasteiger partial charge in [0.1, 0.15) is 5.69 Å². The maximum atomic E-state index is 13.0. The number of carbonyl (C=O) groups is 1. The number of anilines is 1. The average Bonchev–Trinajstić information content (AvgIpc) is 2.88. The van der Waals surface area contributed by atoms with Gasteiger partial charge in [0.2, 0.25) is 0 Å². The quantitative estimate of drug-likeness (QED) is 0.670. The number of nitro groups is 1. The maximum Gasteiger partial charge on any atom is 0.294 e. The third-order valence-electron chi connectivity index (χ3n) is 3.98. The van der Waals surface area contributed by atoms with Gasteiger partial charge in [-0.25, -0.2) is 4.99 Å². The second kappa shape index (κ2) is 6.56. The topological polar surface area (TPSA) is 87.8 Å². The number of hydrogen-bond acceptors (Lipinski definition) is 6. The molecule has 2 aromatic rings. The molecule has 0 bridgehead atoms. The summed E-state index contributed by atoms with van der Waals surface area (Å²) in [6, 6.07) is 15.4. The molecule has 0 saturated heterocycles. The van der Waals surface area contributed by atoms with Crippen LogP contribution in [-0.4, -0.2) is 27.3 Å². The van der Waals surface area contributed by atoms with Crippen LogP contribution in [0, 0.1) is 10.1 Å². The van der Waals surface area contributed by atoms with Crippen LogP contribution < -0.4 is 5.43 Å². The first kappa shape index (κ1) is 17.0. The highest BCUT2D eigenvalue weighted by atomic mass is 32.2. The highest BCUT2D eigenvalue weighted by Crippen LogP contribution is 2.36. The summed E-state index contributed by atoms with van der Waals surface area (Å²) < 4.78 is 0. The highest BCUT2D eigenvalue weighted by Gasteiger charge is 2.46. The number of benzene rings is 2. The third-order valence-corrected chi connectivity index (χ3v) is 4.62. The molecule has 0 aromatic heterocycles. The Balaban J connectivity index is 1.98. The molecule has 0 fully saturated rings. The molecule has 0 radical (unpaired) electrons. The lowest BCUT2D eigenvalue weighted by Gasteiger charge is -2.23. The van der Waals surface area contributed by atoms with Crippen LogP contribution in [0.4, 0.5) is 11.4 Å². The lowest BCUT2D eigenvalue weighted by atomic mass is 9.92. The van der Waals surface area contributed by atoms with Crippen molar-refractivity contribution in [2.75, 3.05) is 11.7 Å². The maximum absolute atomic E-state index is 13.0. The molecule has 1 heterocycles. The Labute approximate surface area is 148 Å². The molecule has 7 nitrogen and oxygen atoms in total. The fourth-order valence-corrected chi connectivity index (χ4v) is 3.21. The third kappa shape index (κ3) is 2.96. The SMILES string of the molecule is CSC1=NC(C)(c2ccccc2)C(=O)N1Nc1ccccc1[N+](=O)[O-]. The van der Waals surface area contributed by atoms with E-state index < -0.39 is 10.5 Å². The first-order valence-electron chi connectivity index (χ1n) is 7.51. The largest absolute Gasteiger partial charge is 0.294 e. The summed E-state index contributed by atoms with van der Waals surface area (Å²) in [5.41, 5.74) is 2.67. The van der Waals surface area contributed by atoms with Crippen LogP contribution in [0.5, 0.6) is 0 Å². The zero-order valence-corrected chi connectivity index (χ0v) is 14.5. The number of rotatable bonds is 4. The van der Waals surface area contributed by atoms with E-state index in [0.717, 1.165) is 5.56 Å². The summed E-state index contributed by atoms with van der Waals surface area (Å²) in [6.45, 7) is 1.74. The molecule has 128 valence electrons. The van der Waals surface area contributed by atoms with Crippen LogP contribution in [0.25, 0.3) is 0 Å². The van der Waals surface area contributed by atoms with Crippen molar-refractivity contribution in [2.24, 2.45) is 4.99 Å². The Kier molecular flexibility index (Phi) is 4.45. The number of para-hydroxylation sites is 2. The first-order chi connectivity index (χ1) is 12.0. The van der Waals surface area contributed by atoms with Crippen LogP contribution in [0.15, 0.2) is 59.6 Å². The summed E-state index contributed by atoms with van der Waals surface area (Å²) in [6.07, 6.45) is 1.80. The predicted molar refractivity (Wildman–Crippen MR) is 98.3 cm³/mol. The number of hydrogen-bond donors (Lipinski definition) is 1. The molecule has 25 heavy (non-hydrogen) atoms. The van der Waals surface area contributed by atoms with Crippen molar-refractivity contribution in [3.8, 4) is 0 Å². The number of amidine groups is 1. The fourth-order valence-electron chi connectivity index (χ4n) is 2.63. The molecule has 1 unspecified atom stereocenters. The fraction of sp³-hybridized carbons (Fsp3) is 0.176. The van der Waals surface area contributed by atoms with Gasteiger partial charge < -0.3 is 0 Å². The number of nitro benzene ring substituents is 1. The molecule has 1 aliphatic heterocycles. The smallest absolute Gasteiger partial charge is 0.283 e. The van der Waals surface area contributed by atoms with E-state index in [4.69, 9.17) is 0 Å². The van der Waals surface area contributed by atoms with Gasteiger partial charge in [-0.3, -0.25) is 20.3 Å². The normalized spacial score (nSPS) is 19.7. The zero-order valence-electron chi connectivity index (χ0n) is 13.7. The van der Waals surface area contributed by atoms with Crippen LogP contribution in [-0.2, 0) is 10.3 Å². The van der Waals surface area contributed by atoms with E-state index in [1.54, 1.807) is 31.4 Å². The molecular weight excluding hydrogens is 340 g/mol. The van der Waals surface area contributed by atoms with Gasteiger partial charge in [0.15, 0.2) is 10.7 Å². The lowest BCUT2D eigenvalue weighted by molar-refractivity contribution is -0.384. The number of nitrogens with one attached hydrogen (secondary N) is 1. The Hall–Kier alpha value is -2.87. The van der Waals surface area contributed by atoms with Gasteiger partial charge >= 0.3 is 0 Å². The summed E-state index contributed by atoms with van der Waals surface area (Å²) in [5, 5.41) is 12.9. The van der Waals surface area contributed by atoms with E-state index in [1.165, 1.54) is 22.8 Å². The van der Waals surface area contributed by atoms with Crippen LogP contribution in [0.3, 0.4) is 0 Å². The van der Waals surface area contributed by atoms with E-state index in [-0.39, 0.29) is 17.3 Å². The molecular formula is C17H16N4O3S. The second-order valence-electron chi connectivity index (χ2n) is 5.56. The zero-order chi connectivity index (χ0) is 18.0. The standard InChI is InChI=1S/C17H16N4O3S/c1-17(12-8-4-3-5-9-12)15(22)20(16(18-17)25-2)19-13-10-6-7-11-14(13)21(23)24/h3-11,19H,1-2H3. The lowest BCUT2D eigenvalue weighted by Crippen LogP contribution is -2.42. The summed E-state index contributed by atoms with van der Waals surface area (Å²) in [5.74, 6) is -0.291. The molecule has 1 aliphatic rings. The van der Waals surface area contributed by atoms with Gasteiger partial charge in [0, 0.05) is 6.07 Å². The minimum Gasteiger partial charge on any atom is -0.283 e. The van der Waals surface area contributed by atoms with Gasteiger partial charge in [0.25, 0.3) is 11.6 Å². The predicted octanol–water partition coefficient (Wildman–Crippen LogP) is 3.40. The first-order valence-corrected chi connectivity index (χ1v) is 8.74. The van der Waals surface area contributed by atoms with Gasteiger partial charge in [0.05, 0.1) is 4.92 Å². The van der Waals surface area contributed by atoms with E-state index in [0.29, 0.717) is 5.17 Å². The van der Waals surface area contributed by atoms with E-state index in [9.17, 15) is 14.9 Å². The van der Waals surface area contributed by atoms with Crippen molar-refractivity contribution in [3.05, 3.63) is 70.3 Å². The molecule has 0 saturated carbocycles. The Morgan fingerprint density at radius 3 is 2.44 bits per heavy atom. The van der Waals surface area contributed by atoms with Gasteiger partial charge in [-0.05, 0) is 24.8 Å². The minimum absolute atomic E-state index is 0.107. The second-order valence-corrected chi connectivity index (χ2v) is 6.34. The van der Waals surface area contributed by atoms with Gasteiger partial charge in [-0.1, -0.05) is 54.2 Å². The van der Waals surface area contributed by atoms with Gasteiger partial charge in [-0.2, -0.15) is 5.01 Å². The molecule has 0 aliphatic carbocycles. The number of amides is 1. The van der Waals surface area contributed by atoms with E-state index in [1.807, 2.05) is 30.3 Å². The molecule has 1 atom stereocenters. The Morgan fingerprint density at radius 1 is 1.16 bits per heavy atom. The van der Waals surface area contributed by atoms with Crippen molar-refractivity contribution in [3.63, 3.8) is 0 Å². The van der Waals surface area contributed by atoms with Crippen molar-refractivity contribution >= 4 is 34.2 Å². The Morgan fingerprint density at radius 2 is 1.80 bits per heavy atom. The number of aliphatic imine (C=N–C) groups is 1. The molecule has 8 heteroatoms. The van der Waals surface area contributed by atoms with E-state index in [2.05, 4.69) is 10.4 Å². The molecule has 1 amide bonds. The summed E-state index contributed by atoms with van der Waals surface area (Å²) in [4.78, 5) is 28.3. The molecule has 0 spiro atoms. The van der Waals surface area contributed by atoms with Crippen molar-refractivity contribution in [1.29, 1.82) is 0 Å². The molecule has 1 N–H and O–H groups in total. The van der Waals surface area contributed by atoms with Crippen molar-refractivity contribution in [1.82, 2.24) is 5.01 Å². The van der Waals surface area contributed by atoms with Gasteiger partial charge in [-0.15, -0.1) is 0 Å². The van der Waals surface area contributed by atoms with Crippen LogP contribution in [0.1, 0.15) is 12.5 Å². The number of carbonyl (C=O) groups excluding carboxylic acids is 1. The Bertz CT molecular complexity index is 856. The molecule has 3 rings (SSSR count).